The summed E-state index contributed by atoms with van der Waals surface area (Å²) in [6, 6.07) is 2.69. The van der Waals surface area contributed by atoms with E-state index in [1.54, 1.807) is 6.08 Å². The molecule has 4 rings (SSSR count). The molecule has 3 heterocycles. The number of benzene rings is 1. The summed E-state index contributed by atoms with van der Waals surface area (Å²) < 4.78 is 14.0. The lowest BCUT2D eigenvalue weighted by Crippen LogP contribution is -2.42. The van der Waals surface area contributed by atoms with Crippen LogP contribution in [0.5, 0.6) is 0 Å². The first kappa shape index (κ1) is 21.1. The van der Waals surface area contributed by atoms with Crippen molar-refractivity contribution in [1.29, 1.82) is 0 Å². The number of hydrogen-bond donors (Lipinski definition) is 3. The minimum absolute atomic E-state index is 0.0118. The van der Waals surface area contributed by atoms with Crippen LogP contribution >= 0.6 is 0 Å². The van der Waals surface area contributed by atoms with Gasteiger partial charge in [-0.1, -0.05) is 13.8 Å². The number of hydrogen-bond acceptors (Lipinski definition) is 4. The van der Waals surface area contributed by atoms with Crippen LogP contribution in [0.15, 0.2) is 12.1 Å². The van der Waals surface area contributed by atoms with Gasteiger partial charge in [-0.2, -0.15) is 0 Å². The second kappa shape index (κ2) is 8.19. The molecular weight excluding hydrogens is 397 g/mol. The number of halogens is 1. The van der Waals surface area contributed by atoms with E-state index in [1.807, 2.05) is 11.8 Å². The lowest BCUT2D eigenvalue weighted by atomic mass is 10.0. The smallest absolute Gasteiger partial charge is 0.256 e. The largest absolute Gasteiger partial charge is 0.396 e. The fourth-order valence-electron chi connectivity index (χ4n) is 4.34. The molecule has 2 aromatic rings. The van der Waals surface area contributed by atoms with Crippen molar-refractivity contribution >= 4 is 34.8 Å². The number of aromatic nitrogens is 1. The number of H-pyrrole nitrogens is 1. The highest BCUT2D eigenvalue weighted by atomic mass is 19.1. The molecular formula is C23H28FN5O2. The number of rotatable bonds is 6. The Balaban J connectivity index is 1.63. The molecule has 8 heteroatoms. The van der Waals surface area contributed by atoms with Crippen molar-refractivity contribution in [3.8, 4) is 0 Å². The van der Waals surface area contributed by atoms with E-state index in [-0.39, 0.29) is 17.5 Å². The van der Waals surface area contributed by atoms with E-state index in [2.05, 4.69) is 29.0 Å². The van der Waals surface area contributed by atoms with Crippen LogP contribution in [-0.4, -0.2) is 59.3 Å². The predicted octanol–water partition coefficient (Wildman–Crippen LogP) is 2.88. The third-order valence-corrected chi connectivity index (χ3v) is 6.29. The molecule has 1 aromatic carbocycles. The molecule has 2 aliphatic rings. The maximum Gasteiger partial charge on any atom is 0.256 e. The van der Waals surface area contributed by atoms with Gasteiger partial charge < -0.3 is 25.8 Å². The van der Waals surface area contributed by atoms with Gasteiger partial charge in [0.05, 0.1) is 22.5 Å². The lowest BCUT2D eigenvalue weighted by molar-refractivity contribution is -0.110. The summed E-state index contributed by atoms with van der Waals surface area (Å²) in [5.41, 5.74) is 9.97. The van der Waals surface area contributed by atoms with Gasteiger partial charge >= 0.3 is 0 Å². The van der Waals surface area contributed by atoms with Gasteiger partial charge in [-0.3, -0.25) is 9.59 Å². The number of nitrogen functional groups attached to an aromatic ring is 1. The van der Waals surface area contributed by atoms with Crippen LogP contribution in [-0.2, 0) is 11.2 Å². The van der Waals surface area contributed by atoms with Crippen LogP contribution in [0.3, 0.4) is 0 Å². The Morgan fingerprint density at radius 3 is 2.71 bits per heavy atom. The summed E-state index contributed by atoms with van der Waals surface area (Å²) in [6.07, 6.45) is 2.43. The fraction of sp³-hybridized carbons (Fsp3) is 0.391. The minimum Gasteiger partial charge on any atom is -0.396 e. The van der Waals surface area contributed by atoms with E-state index in [4.69, 9.17) is 5.73 Å². The van der Waals surface area contributed by atoms with Crippen molar-refractivity contribution in [3.05, 3.63) is 46.0 Å². The maximum atomic E-state index is 14.0. The summed E-state index contributed by atoms with van der Waals surface area (Å²) in [5, 5.41) is 2.72. The molecule has 2 aliphatic heterocycles. The molecule has 0 atom stereocenters. The lowest BCUT2D eigenvalue weighted by Gasteiger charge is -2.29. The Morgan fingerprint density at radius 2 is 2.00 bits per heavy atom. The number of nitrogens with zero attached hydrogens (tertiary/aromatic N) is 2. The third kappa shape index (κ3) is 3.72. The number of amides is 2. The van der Waals surface area contributed by atoms with Crippen molar-refractivity contribution in [2.45, 2.75) is 27.2 Å². The Hall–Kier alpha value is -3.13. The van der Waals surface area contributed by atoms with Crippen LogP contribution in [0.25, 0.3) is 11.6 Å². The zero-order valence-corrected chi connectivity index (χ0v) is 18.1. The zero-order chi connectivity index (χ0) is 22.3. The molecule has 0 saturated heterocycles. The highest BCUT2D eigenvalue weighted by Gasteiger charge is 2.31. The van der Waals surface area contributed by atoms with Crippen LogP contribution in [0, 0.1) is 12.7 Å². The van der Waals surface area contributed by atoms with Crippen molar-refractivity contribution in [2.75, 3.05) is 43.8 Å². The quantitative estimate of drug-likeness (QED) is 0.490. The molecule has 2 amide bonds. The highest BCUT2D eigenvalue weighted by molar-refractivity contribution is 6.35. The summed E-state index contributed by atoms with van der Waals surface area (Å²) in [6.45, 7) is 10.2. The maximum absolute atomic E-state index is 14.0. The molecule has 0 unspecified atom stereocenters. The number of likely N-dealkylation sites (N-methyl/N-ethyl adjacent to an activating group) is 1. The molecule has 0 bridgehead atoms. The van der Waals surface area contributed by atoms with Gasteiger partial charge in [-0.25, -0.2) is 4.39 Å². The monoisotopic (exact) mass is 425 g/mol. The molecule has 0 radical (unpaired) electrons. The molecule has 0 spiro atoms. The number of carbonyl (C=O) groups excluding carboxylic acids is 2. The first-order valence-corrected chi connectivity index (χ1v) is 10.7. The molecule has 7 nitrogen and oxygen atoms in total. The Bertz CT molecular complexity index is 1080. The van der Waals surface area contributed by atoms with Crippen molar-refractivity contribution in [3.63, 3.8) is 0 Å². The molecule has 4 N–H and O–H groups in total. The van der Waals surface area contributed by atoms with Gasteiger partial charge in [0.1, 0.15) is 5.82 Å². The first-order chi connectivity index (χ1) is 14.8. The number of carbonyl (C=O) groups is 2. The number of aromatic amines is 1. The topological polar surface area (TPSA) is 94.5 Å². The minimum atomic E-state index is -0.567. The number of nitrogens with two attached hydrogens (primary N) is 1. The van der Waals surface area contributed by atoms with Gasteiger partial charge in [0.2, 0.25) is 0 Å². The Labute approximate surface area is 181 Å². The summed E-state index contributed by atoms with van der Waals surface area (Å²) in [4.78, 5) is 33.1. The number of nitrogens with one attached hydrogen (secondary N) is 2. The number of fused-ring (bicyclic) bond motifs is 2. The summed E-state index contributed by atoms with van der Waals surface area (Å²) >= 11 is 0. The van der Waals surface area contributed by atoms with Gasteiger partial charge in [0.15, 0.2) is 0 Å². The standard InChI is InChI=1S/C23H28FN5O2/c1-4-28(5-2)8-9-29-7-6-18-21(23(29)31)13(3)19(26-18)11-15-14-10-16(24)17(25)12-20(14)27-22(15)30/h10-12,26H,4-9,25H2,1-3H3,(H,27,30)/b15-11-. The fourth-order valence-corrected chi connectivity index (χ4v) is 4.34. The van der Waals surface area contributed by atoms with Crippen LogP contribution in [0.4, 0.5) is 15.8 Å². The Morgan fingerprint density at radius 1 is 1.26 bits per heavy atom. The highest BCUT2D eigenvalue weighted by Crippen LogP contribution is 2.36. The second-order valence-corrected chi connectivity index (χ2v) is 8.02. The molecule has 1 aromatic heterocycles. The van der Waals surface area contributed by atoms with Crippen molar-refractivity contribution in [2.24, 2.45) is 0 Å². The van der Waals surface area contributed by atoms with E-state index in [0.29, 0.717) is 41.2 Å². The summed E-state index contributed by atoms with van der Waals surface area (Å²) in [5.74, 6) is -0.872. The van der Waals surface area contributed by atoms with E-state index < -0.39 is 5.82 Å². The molecule has 164 valence electrons. The van der Waals surface area contributed by atoms with Gasteiger partial charge in [-0.05, 0) is 43.8 Å². The SMILES string of the molecule is CCN(CC)CCN1CCc2[nH]c(/C=C3\C(=O)Nc4cc(N)c(F)cc43)c(C)c2C1=O. The average molecular weight is 426 g/mol. The van der Waals surface area contributed by atoms with Crippen molar-refractivity contribution < 1.29 is 14.0 Å². The number of anilines is 2. The zero-order valence-electron chi connectivity index (χ0n) is 18.1. The van der Waals surface area contributed by atoms with Gasteiger partial charge in [-0.15, -0.1) is 0 Å². The third-order valence-electron chi connectivity index (χ3n) is 6.29. The van der Waals surface area contributed by atoms with Crippen LogP contribution in [0.2, 0.25) is 0 Å². The molecule has 0 fully saturated rings. The van der Waals surface area contributed by atoms with Gasteiger partial charge in [0.25, 0.3) is 11.8 Å². The molecule has 31 heavy (non-hydrogen) atoms. The second-order valence-electron chi connectivity index (χ2n) is 8.02. The van der Waals surface area contributed by atoms with Crippen LogP contribution < -0.4 is 11.1 Å². The summed E-state index contributed by atoms with van der Waals surface area (Å²) in [7, 11) is 0. The first-order valence-electron chi connectivity index (χ1n) is 10.7. The van der Waals surface area contributed by atoms with E-state index >= 15 is 0 Å². The van der Waals surface area contributed by atoms with E-state index in [0.717, 1.165) is 37.3 Å². The van der Waals surface area contributed by atoms with E-state index in [1.165, 1.54) is 12.1 Å². The normalized spacial score (nSPS) is 16.8. The molecule has 0 aliphatic carbocycles. The Kier molecular flexibility index (Phi) is 5.58. The molecule has 0 saturated carbocycles. The predicted molar refractivity (Wildman–Crippen MR) is 120 cm³/mol. The average Bonchev–Trinajstić information content (AvgIpc) is 3.22. The van der Waals surface area contributed by atoms with Crippen molar-refractivity contribution in [1.82, 2.24) is 14.8 Å². The van der Waals surface area contributed by atoms with Crippen LogP contribution in [0.1, 0.15) is 46.7 Å². The van der Waals surface area contributed by atoms with E-state index in [9.17, 15) is 14.0 Å². The van der Waals surface area contributed by atoms with Gasteiger partial charge in [0, 0.05) is 43.0 Å².